The first-order valence-corrected chi connectivity index (χ1v) is 7.95. The molecule has 124 valence electrons. The summed E-state index contributed by atoms with van der Waals surface area (Å²) in [5.41, 5.74) is -1.31. The highest BCUT2D eigenvalue weighted by Gasteiger charge is 2.26. The first-order chi connectivity index (χ1) is 10.8. The van der Waals surface area contributed by atoms with Crippen molar-refractivity contribution in [1.29, 1.82) is 0 Å². The Labute approximate surface area is 131 Å². The predicted molar refractivity (Wildman–Crippen MR) is 78.5 cm³/mol. The van der Waals surface area contributed by atoms with Crippen LogP contribution in [-0.4, -0.2) is 35.9 Å². The second kappa shape index (κ2) is 6.24. The van der Waals surface area contributed by atoms with E-state index in [0.29, 0.717) is 0 Å². The van der Waals surface area contributed by atoms with E-state index in [1.807, 2.05) is 4.72 Å². The van der Waals surface area contributed by atoms with Gasteiger partial charge in [-0.3, -0.25) is 9.40 Å². The van der Waals surface area contributed by atoms with Crippen LogP contribution in [0.1, 0.15) is 17.3 Å². The van der Waals surface area contributed by atoms with Crippen LogP contribution in [0.5, 0.6) is 5.75 Å². The normalized spacial score (nSPS) is 11.3. The summed E-state index contributed by atoms with van der Waals surface area (Å²) in [5.74, 6) is -2.80. The first-order valence-electron chi connectivity index (χ1n) is 6.47. The van der Waals surface area contributed by atoms with Crippen LogP contribution in [0.15, 0.2) is 29.4 Å². The van der Waals surface area contributed by atoms with E-state index in [-0.39, 0.29) is 17.4 Å². The molecular formula is C13H14FN3O5S. The van der Waals surface area contributed by atoms with Gasteiger partial charge in [-0.05, 0) is 25.1 Å². The number of ether oxygens (including phenoxy) is 1. The molecule has 0 bridgehead atoms. The number of benzene rings is 1. The summed E-state index contributed by atoms with van der Waals surface area (Å²) in [6, 6.07) is 3.27. The van der Waals surface area contributed by atoms with E-state index in [2.05, 4.69) is 5.10 Å². The fraction of sp³-hybridized carbons (Fsp3) is 0.231. The average molecular weight is 343 g/mol. The first kappa shape index (κ1) is 16.7. The maximum absolute atomic E-state index is 13.8. The molecule has 0 unspecified atom stereocenters. The molecule has 0 fully saturated rings. The van der Waals surface area contributed by atoms with Crippen LogP contribution in [0, 0.1) is 5.82 Å². The van der Waals surface area contributed by atoms with Crippen LogP contribution >= 0.6 is 0 Å². The van der Waals surface area contributed by atoms with E-state index >= 15 is 0 Å². The maximum Gasteiger partial charge on any atom is 0.340 e. The molecular weight excluding hydrogens is 329 g/mol. The number of rotatable bonds is 6. The second-order valence-electron chi connectivity index (χ2n) is 4.47. The molecule has 23 heavy (non-hydrogen) atoms. The quantitative estimate of drug-likeness (QED) is 0.821. The number of nitrogens with one attached hydrogen (secondary N) is 1. The summed E-state index contributed by atoms with van der Waals surface area (Å²) in [6.45, 7) is 1.77. The Balaban J connectivity index is 2.57. The number of anilines is 1. The third kappa shape index (κ3) is 3.42. The Morgan fingerprint density at radius 3 is 2.65 bits per heavy atom. The Hall–Kier alpha value is -2.62. The lowest BCUT2D eigenvalue weighted by atomic mass is 10.1. The minimum atomic E-state index is -4.20. The van der Waals surface area contributed by atoms with Crippen LogP contribution in [0.3, 0.4) is 0 Å². The molecule has 0 aliphatic rings. The number of aromatic carboxylic acids is 1. The fourth-order valence-corrected chi connectivity index (χ4v) is 2.92. The summed E-state index contributed by atoms with van der Waals surface area (Å²) in [6.07, 6.45) is 1.40. The lowest BCUT2D eigenvalue weighted by molar-refractivity contribution is 0.0692. The molecule has 1 aromatic carbocycles. The van der Waals surface area contributed by atoms with Crippen molar-refractivity contribution in [3.05, 3.63) is 35.8 Å². The third-order valence-corrected chi connectivity index (χ3v) is 4.07. The van der Waals surface area contributed by atoms with Gasteiger partial charge in [0.05, 0.1) is 6.61 Å². The zero-order valence-corrected chi connectivity index (χ0v) is 13.1. The molecule has 0 spiro atoms. The smallest absolute Gasteiger partial charge is 0.340 e. The molecule has 2 rings (SSSR count). The molecule has 2 aromatic rings. The van der Waals surface area contributed by atoms with Gasteiger partial charge in [-0.2, -0.15) is 13.5 Å². The van der Waals surface area contributed by atoms with Gasteiger partial charge >= 0.3 is 5.97 Å². The van der Waals surface area contributed by atoms with Gasteiger partial charge in [-0.15, -0.1) is 0 Å². The number of aromatic nitrogens is 2. The van der Waals surface area contributed by atoms with Gasteiger partial charge in [0.2, 0.25) is 0 Å². The Kier molecular flexibility index (Phi) is 4.55. The standard InChI is InChI=1S/C13H14FN3O5S/c1-3-22-9-5-4-8(14)11(13(18)19)12(9)16-23(20,21)10-6-7-17(2)15-10/h4-7,16H,3H2,1-2H3,(H,18,19). The van der Waals surface area contributed by atoms with Gasteiger partial charge in [-0.25, -0.2) is 9.18 Å². The van der Waals surface area contributed by atoms with Crippen molar-refractivity contribution in [3.63, 3.8) is 0 Å². The predicted octanol–water partition coefficient (Wildman–Crippen LogP) is 1.46. The summed E-state index contributed by atoms with van der Waals surface area (Å²) in [4.78, 5) is 11.3. The van der Waals surface area contributed by atoms with Crippen molar-refractivity contribution in [2.45, 2.75) is 11.9 Å². The largest absolute Gasteiger partial charge is 0.492 e. The molecule has 0 atom stereocenters. The van der Waals surface area contributed by atoms with Crippen molar-refractivity contribution >= 4 is 21.7 Å². The van der Waals surface area contributed by atoms with E-state index in [1.54, 1.807) is 6.92 Å². The number of carboxylic acids is 1. The molecule has 1 heterocycles. The maximum atomic E-state index is 13.8. The van der Waals surface area contributed by atoms with Crippen LogP contribution < -0.4 is 9.46 Å². The minimum absolute atomic E-state index is 0.0918. The molecule has 0 saturated carbocycles. The zero-order chi connectivity index (χ0) is 17.2. The highest BCUT2D eigenvalue weighted by atomic mass is 32.2. The number of hydrogen-bond donors (Lipinski definition) is 2. The van der Waals surface area contributed by atoms with Gasteiger partial charge in [0.1, 0.15) is 22.8 Å². The molecule has 0 saturated heterocycles. The highest BCUT2D eigenvalue weighted by Crippen LogP contribution is 2.32. The Morgan fingerprint density at radius 2 is 2.13 bits per heavy atom. The van der Waals surface area contributed by atoms with Crippen LogP contribution in [0.2, 0.25) is 0 Å². The van der Waals surface area contributed by atoms with Gasteiger partial charge in [0.15, 0.2) is 5.03 Å². The van der Waals surface area contributed by atoms with Crippen LogP contribution in [0.25, 0.3) is 0 Å². The number of halogens is 1. The molecule has 2 N–H and O–H groups in total. The number of carboxylic acid groups (broad SMARTS) is 1. The van der Waals surface area contributed by atoms with Crippen LogP contribution in [-0.2, 0) is 17.1 Å². The van der Waals surface area contributed by atoms with Crippen molar-refractivity contribution < 1.29 is 27.4 Å². The SMILES string of the molecule is CCOc1ccc(F)c(C(=O)O)c1NS(=O)(=O)c1ccn(C)n1. The number of nitrogens with zero attached hydrogens (tertiary/aromatic N) is 2. The topological polar surface area (TPSA) is 111 Å². The zero-order valence-electron chi connectivity index (χ0n) is 12.3. The molecule has 0 aliphatic heterocycles. The molecule has 10 heteroatoms. The van der Waals surface area contributed by atoms with E-state index in [0.717, 1.165) is 12.1 Å². The number of hydrogen-bond acceptors (Lipinski definition) is 5. The monoisotopic (exact) mass is 343 g/mol. The third-order valence-electron chi connectivity index (χ3n) is 2.83. The van der Waals surface area contributed by atoms with Gasteiger partial charge in [-0.1, -0.05) is 0 Å². The highest BCUT2D eigenvalue weighted by molar-refractivity contribution is 7.92. The molecule has 0 radical (unpaired) electrons. The number of carbonyl (C=O) groups is 1. The molecule has 0 aliphatic carbocycles. The average Bonchev–Trinajstić information content (AvgIpc) is 2.89. The Morgan fingerprint density at radius 1 is 1.43 bits per heavy atom. The van der Waals surface area contributed by atoms with Gasteiger partial charge in [0.25, 0.3) is 10.0 Å². The van der Waals surface area contributed by atoms with Crippen molar-refractivity contribution in [2.75, 3.05) is 11.3 Å². The molecule has 8 nitrogen and oxygen atoms in total. The molecule has 0 amide bonds. The van der Waals surface area contributed by atoms with E-state index < -0.39 is 33.1 Å². The van der Waals surface area contributed by atoms with E-state index in [9.17, 15) is 17.6 Å². The van der Waals surface area contributed by atoms with Gasteiger partial charge < -0.3 is 9.84 Å². The number of sulfonamides is 1. The van der Waals surface area contributed by atoms with Gasteiger partial charge in [0, 0.05) is 13.2 Å². The molecule has 1 aromatic heterocycles. The minimum Gasteiger partial charge on any atom is -0.492 e. The lowest BCUT2D eigenvalue weighted by Gasteiger charge is -2.15. The van der Waals surface area contributed by atoms with Crippen molar-refractivity contribution in [3.8, 4) is 5.75 Å². The summed E-state index contributed by atoms with van der Waals surface area (Å²) < 4.78 is 46.9. The lowest BCUT2D eigenvalue weighted by Crippen LogP contribution is -2.18. The number of aryl methyl sites for hydroxylation is 1. The van der Waals surface area contributed by atoms with E-state index in [4.69, 9.17) is 9.84 Å². The van der Waals surface area contributed by atoms with Crippen LogP contribution in [0.4, 0.5) is 10.1 Å². The summed E-state index contributed by atoms with van der Waals surface area (Å²) in [7, 11) is -2.67. The van der Waals surface area contributed by atoms with Crippen molar-refractivity contribution in [1.82, 2.24) is 9.78 Å². The second-order valence-corrected chi connectivity index (χ2v) is 6.10. The summed E-state index contributed by atoms with van der Waals surface area (Å²) >= 11 is 0. The van der Waals surface area contributed by atoms with Crippen molar-refractivity contribution in [2.24, 2.45) is 7.05 Å². The fourth-order valence-electron chi connectivity index (χ4n) is 1.87. The summed E-state index contributed by atoms with van der Waals surface area (Å²) in [5, 5.41) is 12.6. The van der Waals surface area contributed by atoms with E-state index in [1.165, 1.54) is 24.0 Å². The Bertz CT molecular complexity index is 847.